The number of hydrogen-bond donors (Lipinski definition) is 0. The van der Waals surface area contributed by atoms with E-state index in [-0.39, 0.29) is 0 Å². The molecule has 3 aromatic heterocycles. The largest absolute Gasteiger partial charge is 0.455 e. The minimum Gasteiger partial charge on any atom is -0.455 e. The lowest BCUT2D eigenvalue weighted by Crippen LogP contribution is -1.90. The molecule has 0 saturated heterocycles. The van der Waals surface area contributed by atoms with Gasteiger partial charge in [0.2, 0.25) is 0 Å². The van der Waals surface area contributed by atoms with Gasteiger partial charge in [-0.15, -0.1) is 11.3 Å². The van der Waals surface area contributed by atoms with E-state index in [0.717, 1.165) is 49.3 Å². The lowest BCUT2D eigenvalue weighted by Gasteiger charge is -2.18. The highest BCUT2D eigenvalue weighted by atomic mass is 32.1. The molecule has 12 rings (SSSR count). The SMILES string of the molecule is c1ccc2c(c1)ccc1c2oc2ccc3c4cc(-c5c6ccccc6c(-c6ccc7c(c6)sc6ccccc67)c6ccccc56)ccc4oc3c21. The fourth-order valence-electron chi connectivity index (χ4n) is 8.61. The van der Waals surface area contributed by atoms with Crippen molar-refractivity contribution < 1.29 is 8.83 Å². The van der Waals surface area contributed by atoms with Crippen molar-refractivity contribution >= 4 is 108 Å². The van der Waals surface area contributed by atoms with Crippen LogP contribution in [0, 0.1) is 0 Å². The van der Waals surface area contributed by atoms with Crippen molar-refractivity contribution in [3.05, 3.63) is 158 Å². The van der Waals surface area contributed by atoms with Gasteiger partial charge in [-0.3, -0.25) is 0 Å². The summed E-state index contributed by atoms with van der Waals surface area (Å²) in [6, 6.07) is 57.2. The van der Waals surface area contributed by atoms with Crippen molar-refractivity contribution in [2.75, 3.05) is 0 Å². The monoisotopic (exact) mass is 666 g/mol. The second-order valence-corrected chi connectivity index (χ2v) is 14.6. The number of fused-ring (bicyclic) bond motifs is 14. The highest BCUT2D eigenvalue weighted by molar-refractivity contribution is 7.25. The first-order valence-corrected chi connectivity index (χ1v) is 18.1. The lowest BCUT2D eigenvalue weighted by atomic mass is 9.85. The van der Waals surface area contributed by atoms with Gasteiger partial charge in [0.15, 0.2) is 0 Å². The van der Waals surface area contributed by atoms with E-state index in [0.29, 0.717) is 0 Å². The van der Waals surface area contributed by atoms with Gasteiger partial charge in [-0.1, -0.05) is 115 Å². The summed E-state index contributed by atoms with van der Waals surface area (Å²) in [5.74, 6) is 0. The maximum absolute atomic E-state index is 6.68. The van der Waals surface area contributed by atoms with E-state index in [1.165, 1.54) is 69.4 Å². The summed E-state index contributed by atoms with van der Waals surface area (Å²) in [6.07, 6.45) is 0. The Balaban J connectivity index is 1.11. The molecule has 0 N–H and O–H groups in total. The molecule has 0 saturated carbocycles. The van der Waals surface area contributed by atoms with Crippen LogP contribution in [0.15, 0.2) is 167 Å². The Labute approximate surface area is 295 Å². The molecule has 0 unspecified atom stereocenters. The van der Waals surface area contributed by atoms with Crippen LogP contribution in [0.3, 0.4) is 0 Å². The van der Waals surface area contributed by atoms with Crippen molar-refractivity contribution in [3.63, 3.8) is 0 Å². The van der Waals surface area contributed by atoms with Crippen LogP contribution in [0.1, 0.15) is 0 Å². The summed E-state index contributed by atoms with van der Waals surface area (Å²) in [7, 11) is 0. The maximum Gasteiger partial charge on any atom is 0.147 e. The van der Waals surface area contributed by atoms with Crippen LogP contribution in [0.5, 0.6) is 0 Å². The zero-order valence-electron chi connectivity index (χ0n) is 27.2. The van der Waals surface area contributed by atoms with Crippen LogP contribution in [0.4, 0.5) is 0 Å². The lowest BCUT2D eigenvalue weighted by molar-refractivity contribution is 0.665. The molecule has 9 aromatic carbocycles. The third-order valence-electron chi connectivity index (χ3n) is 10.8. The van der Waals surface area contributed by atoms with Crippen molar-refractivity contribution in [2.24, 2.45) is 0 Å². The molecule has 0 fully saturated rings. The number of thiophene rings is 1. The number of hydrogen-bond acceptors (Lipinski definition) is 3. The summed E-state index contributed by atoms with van der Waals surface area (Å²) < 4.78 is 15.8. The number of furan rings is 2. The summed E-state index contributed by atoms with van der Waals surface area (Å²) in [5.41, 5.74) is 8.43. The summed E-state index contributed by atoms with van der Waals surface area (Å²) in [5, 5.41) is 14.2. The molecule has 0 radical (unpaired) electrons. The van der Waals surface area contributed by atoms with Crippen LogP contribution in [0.25, 0.3) is 119 Å². The predicted molar refractivity (Wildman–Crippen MR) is 217 cm³/mol. The topological polar surface area (TPSA) is 26.3 Å². The van der Waals surface area contributed by atoms with E-state index in [1.54, 1.807) is 0 Å². The van der Waals surface area contributed by atoms with Crippen molar-refractivity contribution in [2.45, 2.75) is 0 Å². The zero-order valence-corrected chi connectivity index (χ0v) is 28.1. The summed E-state index contributed by atoms with van der Waals surface area (Å²) in [4.78, 5) is 0. The molecule has 0 aliphatic rings. The second-order valence-electron chi connectivity index (χ2n) is 13.5. The normalized spacial score (nSPS) is 12.3. The first-order chi connectivity index (χ1) is 25.3. The molecule has 0 spiro atoms. The Hall–Kier alpha value is -6.42. The van der Waals surface area contributed by atoms with Gasteiger partial charge in [0.1, 0.15) is 22.3 Å². The Morgan fingerprint density at radius 3 is 1.65 bits per heavy atom. The van der Waals surface area contributed by atoms with E-state index in [1.807, 2.05) is 11.3 Å². The number of benzene rings is 9. The molecular weight excluding hydrogens is 641 g/mol. The smallest absolute Gasteiger partial charge is 0.147 e. The molecule has 3 heterocycles. The summed E-state index contributed by atoms with van der Waals surface area (Å²) in [6.45, 7) is 0. The molecule has 0 atom stereocenters. The van der Waals surface area contributed by atoms with Crippen LogP contribution >= 0.6 is 11.3 Å². The van der Waals surface area contributed by atoms with Crippen molar-refractivity contribution in [1.82, 2.24) is 0 Å². The highest BCUT2D eigenvalue weighted by Gasteiger charge is 2.21. The fraction of sp³-hybridized carbons (Fsp3) is 0. The van der Waals surface area contributed by atoms with Gasteiger partial charge in [0, 0.05) is 41.7 Å². The van der Waals surface area contributed by atoms with E-state index >= 15 is 0 Å². The van der Waals surface area contributed by atoms with Crippen molar-refractivity contribution in [3.8, 4) is 22.3 Å². The van der Waals surface area contributed by atoms with Gasteiger partial charge in [0.05, 0.1) is 5.39 Å². The third kappa shape index (κ3) is 3.76. The minimum atomic E-state index is 0.842. The van der Waals surface area contributed by atoms with Gasteiger partial charge in [-0.05, 0) is 91.6 Å². The van der Waals surface area contributed by atoms with Crippen LogP contribution in [-0.4, -0.2) is 0 Å². The first kappa shape index (κ1) is 27.4. The average Bonchev–Trinajstić information content (AvgIpc) is 3.87. The van der Waals surface area contributed by atoms with Crippen LogP contribution in [-0.2, 0) is 0 Å². The Kier molecular flexibility index (Phi) is 5.41. The Morgan fingerprint density at radius 1 is 0.333 bits per heavy atom. The molecular formula is C48H26O2S. The van der Waals surface area contributed by atoms with Gasteiger partial charge in [-0.2, -0.15) is 0 Å². The maximum atomic E-state index is 6.68. The average molecular weight is 667 g/mol. The molecule has 2 nitrogen and oxygen atoms in total. The molecule has 12 aromatic rings. The van der Waals surface area contributed by atoms with Crippen LogP contribution in [0.2, 0.25) is 0 Å². The summed E-state index contributed by atoms with van der Waals surface area (Å²) >= 11 is 1.87. The zero-order chi connectivity index (χ0) is 33.2. The standard InChI is InChI=1S/C48H26O2S/c1-2-10-30-27(9-1)17-21-38-46-41(50-47(30)38)24-22-37-39-25-28(19-23-40(39)49-48(37)46)44-33-12-3-5-14-35(33)45(36-15-6-4-13-34(36)44)29-18-20-32-31-11-7-8-16-42(31)51-43(32)26-29/h1-26H. The van der Waals surface area contributed by atoms with Gasteiger partial charge in [-0.25, -0.2) is 0 Å². The highest BCUT2D eigenvalue weighted by Crippen LogP contribution is 2.47. The van der Waals surface area contributed by atoms with Crippen LogP contribution < -0.4 is 0 Å². The Morgan fingerprint density at radius 2 is 0.882 bits per heavy atom. The van der Waals surface area contributed by atoms with E-state index < -0.39 is 0 Å². The Bertz CT molecular complexity index is 3370. The van der Waals surface area contributed by atoms with E-state index in [9.17, 15) is 0 Å². The van der Waals surface area contributed by atoms with Gasteiger partial charge >= 0.3 is 0 Å². The van der Waals surface area contributed by atoms with E-state index in [4.69, 9.17) is 8.83 Å². The molecule has 3 heteroatoms. The molecule has 0 amide bonds. The fourth-order valence-corrected chi connectivity index (χ4v) is 9.75. The van der Waals surface area contributed by atoms with E-state index in [2.05, 4.69) is 158 Å². The molecule has 51 heavy (non-hydrogen) atoms. The first-order valence-electron chi connectivity index (χ1n) is 17.3. The molecule has 0 aliphatic heterocycles. The molecule has 0 aliphatic carbocycles. The second kappa shape index (κ2) is 10.1. The number of rotatable bonds is 2. The minimum absolute atomic E-state index is 0.842. The van der Waals surface area contributed by atoms with Gasteiger partial charge < -0.3 is 8.83 Å². The molecule has 236 valence electrons. The van der Waals surface area contributed by atoms with Gasteiger partial charge in [0.25, 0.3) is 0 Å². The quantitative estimate of drug-likeness (QED) is 0.172. The molecule has 0 bridgehead atoms. The predicted octanol–water partition coefficient (Wildman–Crippen LogP) is 14.6. The van der Waals surface area contributed by atoms with Crippen molar-refractivity contribution in [1.29, 1.82) is 0 Å². The third-order valence-corrected chi connectivity index (χ3v) is 12.0.